The standard InChI is InChI=1S/C15H19NO/c1-11-3-5-13(6-4-11)15(17)12(2)16-9-7-14(15)8-10-16/h3-6,14,17H,2,7-10H2,1H3/t15-/m0/s1. The fourth-order valence-corrected chi connectivity index (χ4v) is 3.25. The molecule has 3 saturated heterocycles. The predicted octanol–water partition coefficient (Wildman–Crippen LogP) is 2.42. The maximum Gasteiger partial charge on any atom is 0.131 e. The third-order valence-electron chi connectivity index (χ3n) is 4.40. The van der Waals surface area contributed by atoms with Gasteiger partial charge >= 0.3 is 0 Å². The van der Waals surface area contributed by atoms with Gasteiger partial charge in [0.25, 0.3) is 0 Å². The van der Waals surface area contributed by atoms with Gasteiger partial charge < -0.3 is 10.0 Å². The van der Waals surface area contributed by atoms with E-state index >= 15 is 0 Å². The Kier molecular flexibility index (Phi) is 2.30. The lowest BCUT2D eigenvalue weighted by atomic mass is 9.69. The number of aliphatic hydroxyl groups is 1. The van der Waals surface area contributed by atoms with Crippen molar-refractivity contribution in [3.8, 4) is 0 Å². The molecule has 0 aromatic heterocycles. The van der Waals surface area contributed by atoms with Gasteiger partial charge in [0.1, 0.15) is 5.60 Å². The molecule has 1 aromatic carbocycles. The number of rotatable bonds is 1. The van der Waals surface area contributed by atoms with Crippen LogP contribution < -0.4 is 0 Å². The van der Waals surface area contributed by atoms with E-state index < -0.39 is 5.60 Å². The van der Waals surface area contributed by atoms with Crippen LogP contribution >= 0.6 is 0 Å². The maximum atomic E-state index is 11.1. The number of benzene rings is 1. The van der Waals surface area contributed by atoms with Crippen molar-refractivity contribution in [3.05, 3.63) is 47.7 Å². The summed E-state index contributed by atoms with van der Waals surface area (Å²) < 4.78 is 0. The van der Waals surface area contributed by atoms with Gasteiger partial charge in [-0.05, 0) is 25.3 Å². The number of nitrogens with zero attached hydrogens (tertiary/aromatic N) is 1. The number of hydrogen-bond acceptors (Lipinski definition) is 2. The average Bonchev–Trinajstić information content (AvgIpc) is 2.36. The summed E-state index contributed by atoms with van der Waals surface area (Å²) in [6, 6.07) is 8.22. The molecule has 17 heavy (non-hydrogen) atoms. The van der Waals surface area contributed by atoms with Gasteiger partial charge in [-0.15, -0.1) is 0 Å². The second kappa shape index (κ2) is 3.61. The zero-order chi connectivity index (χ0) is 12.0. The summed E-state index contributed by atoms with van der Waals surface area (Å²) in [5.74, 6) is 0.336. The van der Waals surface area contributed by atoms with Crippen LogP contribution in [0.2, 0.25) is 0 Å². The third-order valence-corrected chi connectivity index (χ3v) is 4.40. The van der Waals surface area contributed by atoms with Crippen molar-refractivity contribution in [2.75, 3.05) is 13.1 Å². The average molecular weight is 229 g/mol. The van der Waals surface area contributed by atoms with Crippen LogP contribution in [0.15, 0.2) is 36.5 Å². The van der Waals surface area contributed by atoms with Gasteiger partial charge in [0.05, 0.1) is 0 Å². The third kappa shape index (κ3) is 1.44. The second-order valence-corrected chi connectivity index (χ2v) is 5.34. The molecule has 1 N–H and O–H groups in total. The Morgan fingerprint density at radius 2 is 1.82 bits per heavy atom. The summed E-state index contributed by atoms with van der Waals surface area (Å²) in [7, 11) is 0. The highest BCUT2D eigenvalue weighted by molar-refractivity contribution is 5.36. The first kappa shape index (κ1) is 10.8. The van der Waals surface area contributed by atoms with E-state index in [-0.39, 0.29) is 0 Å². The van der Waals surface area contributed by atoms with E-state index in [1.807, 2.05) is 12.1 Å². The molecule has 0 aliphatic carbocycles. The fourth-order valence-electron chi connectivity index (χ4n) is 3.25. The quantitative estimate of drug-likeness (QED) is 0.799. The van der Waals surface area contributed by atoms with Crippen molar-refractivity contribution in [3.63, 3.8) is 0 Å². The Labute approximate surface area is 103 Å². The Hall–Kier alpha value is -1.28. The molecule has 3 aliphatic heterocycles. The minimum absolute atomic E-state index is 0.336. The highest BCUT2D eigenvalue weighted by Gasteiger charge is 2.49. The van der Waals surface area contributed by atoms with E-state index in [0.29, 0.717) is 5.92 Å². The van der Waals surface area contributed by atoms with Gasteiger partial charge in [0.2, 0.25) is 0 Å². The summed E-state index contributed by atoms with van der Waals surface area (Å²) in [6.07, 6.45) is 2.15. The van der Waals surface area contributed by atoms with Gasteiger partial charge in [-0.2, -0.15) is 0 Å². The number of piperidine rings is 3. The number of fused-ring (bicyclic) bond motifs is 3. The lowest BCUT2D eigenvalue weighted by molar-refractivity contribution is -0.0759. The smallest absolute Gasteiger partial charge is 0.131 e. The Morgan fingerprint density at radius 1 is 1.24 bits per heavy atom. The van der Waals surface area contributed by atoms with Gasteiger partial charge in [-0.3, -0.25) is 0 Å². The van der Waals surface area contributed by atoms with Crippen molar-refractivity contribution in [2.24, 2.45) is 5.92 Å². The van der Waals surface area contributed by atoms with Gasteiger partial charge in [0.15, 0.2) is 0 Å². The lowest BCUT2D eigenvalue weighted by Crippen LogP contribution is -2.54. The predicted molar refractivity (Wildman–Crippen MR) is 68.5 cm³/mol. The molecule has 2 nitrogen and oxygen atoms in total. The molecule has 0 spiro atoms. The highest BCUT2D eigenvalue weighted by atomic mass is 16.3. The molecule has 3 aliphatic rings. The zero-order valence-electron chi connectivity index (χ0n) is 10.3. The highest BCUT2D eigenvalue weighted by Crippen LogP contribution is 2.48. The topological polar surface area (TPSA) is 23.5 Å². The van der Waals surface area contributed by atoms with E-state index in [9.17, 15) is 5.11 Å². The van der Waals surface area contributed by atoms with E-state index in [1.54, 1.807) is 0 Å². The van der Waals surface area contributed by atoms with E-state index in [0.717, 1.165) is 37.2 Å². The molecule has 1 aromatic rings. The minimum Gasteiger partial charge on any atom is -0.379 e. The van der Waals surface area contributed by atoms with Crippen LogP contribution in [-0.2, 0) is 5.60 Å². The van der Waals surface area contributed by atoms with Crippen LogP contribution in [0.1, 0.15) is 24.0 Å². The van der Waals surface area contributed by atoms with Crippen molar-refractivity contribution in [1.82, 2.24) is 4.90 Å². The first-order valence-electron chi connectivity index (χ1n) is 6.36. The minimum atomic E-state index is -0.829. The van der Waals surface area contributed by atoms with Crippen molar-refractivity contribution in [2.45, 2.75) is 25.4 Å². The van der Waals surface area contributed by atoms with E-state index in [1.165, 1.54) is 5.56 Å². The summed E-state index contributed by atoms with van der Waals surface area (Å²) in [5, 5.41) is 11.1. The molecule has 3 heterocycles. The molecule has 0 saturated carbocycles. The van der Waals surface area contributed by atoms with Gasteiger partial charge in [-0.25, -0.2) is 0 Å². The largest absolute Gasteiger partial charge is 0.379 e. The fraction of sp³-hybridized carbons (Fsp3) is 0.467. The molecule has 90 valence electrons. The summed E-state index contributed by atoms with van der Waals surface area (Å²) in [5.41, 5.74) is 2.29. The summed E-state index contributed by atoms with van der Waals surface area (Å²) in [4.78, 5) is 2.24. The summed E-state index contributed by atoms with van der Waals surface area (Å²) >= 11 is 0. The van der Waals surface area contributed by atoms with Crippen molar-refractivity contribution < 1.29 is 5.11 Å². The zero-order valence-corrected chi connectivity index (χ0v) is 10.3. The molecule has 1 atom stereocenters. The molecule has 4 rings (SSSR count). The first-order valence-corrected chi connectivity index (χ1v) is 6.36. The molecule has 0 amide bonds. The molecule has 0 radical (unpaired) electrons. The first-order chi connectivity index (χ1) is 8.12. The molecule has 2 heteroatoms. The molecule has 2 bridgehead atoms. The molecule has 0 unspecified atom stereocenters. The molecular weight excluding hydrogens is 210 g/mol. The van der Waals surface area contributed by atoms with Gasteiger partial charge in [-0.1, -0.05) is 36.4 Å². The van der Waals surface area contributed by atoms with Crippen LogP contribution in [0, 0.1) is 12.8 Å². The lowest BCUT2D eigenvalue weighted by Gasteiger charge is -2.53. The van der Waals surface area contributed by atoms with Crippen LogP contribution in [0.4, 0.5) is 0 Å². The Morgan fingerprint density at radius 3 is 2.35 bits per heavy atom. The monoisotopic (exact) mass is 229 g/mol. The van der Waals surface area contributed by atoms with Crippen molar-refractivity contribution in [1.29, 1.82) is 0 Å². The summed E-state index contributed by atoms with van der Waals surface area (Å²) in [6.45, 7) is 8.30. The number of aryl methyl sites for hydroxylation is 1. The maximum absolute atomic E-state index is 11.1. The van der Waals surface area contributed by atoms with Crippen LogP contribution in [0.5, 0.6) is 0 Å². The van der Waals surface area contributed by atoms with Crippen molar-refractivity contribution >= 4 is 0 Å². The number of hydrogen-bond donors (Lipinski definition) is 1. The van der Waals surface area contributed by atoms with E-state index in [2.05, 4.69) is 30.5 Å². The van der Waals surface area contributed by atoms with Gasteiger partial charge in [0, 0.05) is 24.7 Å². The molecule has 3 fully saturated rings. The second-order valence-electron chi connectivity index (χ2n) is 5.34. The SMILES string of the molecule is C=C1N2CCC(CC2)[C@@]1(O)c1ccc(C)cc1. The van der Waals surface area contributed by atoms with Crippen LogP contribution in [-0.4, -0.2) is 23.1 Å². The Balaban J connectivity index is 2.05. The van der Waals surface area contributed by atoms with Crippen LogP contribution in [0.3, 0.4) is 0 Å². The van der Waals surface area contributed by atoms with Crippen LogP contribution in [0.25, 0.3) is 0 Å². The molecular formula is C15H19NO. The Bertz CT molecular complexity index is 442. The normalized spacial score (nSPS) is 32.0. The van der Waals surface area contributed by atoms with E-state index in [4.69, 9.17) is 0 Å².